The minimum atomic E-state index is 0.000423. The molecule has 1 N–H and O–H groups in total. The molecule has 0 spiro atoms. The molecule has 0 atom stereocenters. The quantitative estimate of drug-likeness (QED) is 0.719. The lowest BCUT2D eigenvalue weighted by atomic mass is 10.3. The van der Waals surface area contributed by atoms with Crippen molar-refractivity contribution in [3.05, 3.63) is 48.2 Å². The maximum absolute atomic E-state index is 12.4. The first kappa shape index (κ1) is 19.0. The van der Waals surface area contributed by atoms with Gasteiger partial charge in [-0.2, -0.15) is 0 Å². The van der Waals surface area contributed by atoms with Gasteiger partial charge >= 0.3 is 6.03 Å². The number of nitrogens with zero attached hydrogens (tertiary/aromatic N) is 2. The minimum Gasteiger partial charge on any atom is -0.497 e. The number of urea groups is 1. The number of ether oxygens (including phenoxy) is 2. The van der Waals surface area contributed by atoms with Crippen molar-refractivity contribution in [2.45, 2.75) is 32.7 Å². The van der Waals surface area contributed by atoms with Crippen LogP contribution in [0.4, 0.5) is 4.79 Å². The van der Waals surface area contributed by atoms with E-state index in [1.54, 1.807) is 25.4 Å². The molecule has 2 amide bonds. The molecule has 0 unspecified atom stereocenters. The molecule has 3 rings (SSSR count). The minimum absolute atomic E-state index is 0.000423. The lowest BCUT2D eigenvalue weighted by Gasteiger charge is -2.22. The summed E-state index contributed by atoms with van der Waals surface area (Å²) in [7, 11) is 1.62. The number of aromatic nitrogens is 1. The highest BCUT2D eigenvalue weighted by Gasteiger charge is 2.26. The van der Waals surface area contributed by atoms with Crippen molar-refractivity contribution in [2.24, 2.45) is 5.92 Å². The molecule has 6 heteroatoms. The number of carbonyl (C=O) groups is 1. The van der Waals surface area contributed by atoms with E-state index in [1.165, 1.54) is 12.8 Å². The second kappa shape index (κ2) is 9.26. The van der Waals surface area contributed by atoms with Gasteiger partial charge in [0.25, 0.3) is 0 Å². The molecule has 0 bridgehead atoms. The Morgan fingerprint density at radius 3 is 2.74 bits per heavy atom. The Hall–Kier alpha value is -2.76. The number of rotatable bonds is 9. The normalized spacial score (nSPS) is 13.1. The van der Waals surface area contributed by atoms with Crippen LogP contribution >= 0.6 is 0 Å². The molecule has 2 aromatic rings. The SMILES string of the molecule is CCCN(CC1CC1)C(=O)NCc1ccc(Oc2cccc(OC)c2)nc1. The van der Waals surface area contributed by atoms with E-state index in [-0.39, 0.29) is 6.03 Å². The summed E-state index contributed by atoms with van der Waals surface area (Å²) in [5, 5.41) is 2.99. The van der Waals surface area contributed by atoms with Gasteiger partial charge in [-0.1, -0.05) is 19.1 Å². The van der Waals surface area contributed by atoms with E-state index in [2.05, 4.69) is 17.2 Å². The Morgan fingerprint density at radius 2 is 2.07 bits per heavy atom. The van der Waals surface area contributed by atoms with Crippen molar-refractivity contribution in [3.63, 3.8) is 0 Å². The average molecular weight is 369 g/mol. The number of methoxy groups -OCH3 is 1. The molecular formula is C21H27N3O3. The fourth-order valence-electron chi connectivity index (χ4n) is 2.81. The van der Waals surface area contributed by atoms with Gasteiger partial charge in [0, 0.05) is 38.0 Å². The van der Waals surface area contributed by atoms with Crippen LogP contribution in [0.15, 0.2) is 42.6 Å². The van der Waals surface area contributed by atoms with Gasteiger partial charge in [-0.05, 0) is 42.9 Å². The molecule has 1 aromatic carbocycles. The monoisotopic (exact) mass is 369 g/mol. The van der Waals surface area contributed by atoms with Crippen molar-refractivity contribution in [1.29, 1.82) is 0 Å². The Bertz CT molecular complexity index is 745. The number of amides is 2. The summed E-state index contributed by atoms with van der Waals surface area (Å²) in [6, 6.07) is 11.1. The standard InChI is InChI=1S/C21H27N3O3/c1-3-11-24(15-16-7-8-16)21(25)23-14-17-9-10-20(22-13-17)27-19-6-4-5-18(12-19)26-2/h4-6,9-10,12-13,16H,3,7-8,11,14-15H2,1-2H3,(H,23,25). The third-order valence-corrected chi connectivity index (χ3v) is 4.46. The first-order valence-corrected chi connectivity index (χ1v) is 9.47. The zero-order valence-electron chi connectivity index (χ0n) is 16.0. The zero-order chi connectivity index (χ0) is 19.1. The molecule has 144 valence electrons. The highest BCUT2D eigenvalue weighted by atomic mass is 16.5. The van der Waals surface area contributed by atoms with Crippen LogP contribution in [0.2, 0.25) is 0 Å². The zero-order valence-corrected chi connectivity index (χ0v) is 16.0. The van der Waals surface area contributed by atoms with Crippen LogP contribution in [0, 0.1) is 5.92 Å². The molecule has 1 saturated carbocycles. The topological polar surface area (TPSA) is 63.7 Å². The highest BCUT2D eigenvalue weighted by Crippen LogP contribution is 2.29. The molecule has 0 saturated heterocycles. The summed E-state index contributed by atoms with van der Waals surface area (Å²) in [5.74, 6) is 2.59. The predicted octanol–water partition coefficient (Wildman–Crippen LogP) is 4.21. The highest BCUT2D eigenvalue weighted by molar-refractivity contribution is 5.74. The summed E-state index contributed by atoms with van der Waals surface area (Å²) in [6.45, 7) is 4.22. The van der Waals surface area contributed by atoms with E-state index in [4.69, 9.17) is 9.47 Å². The summed E-state index contributed by atoms with van der Waals surface area (Å²) in [4.78, 5) is 18.6. The van der Waals surface area contributed by atoms with E-state index in [0.29, 0.717) is 24.1 Å². The number of carbonyl (C=O) groups excluding carboxylic acids is 1. The van der Waals surface area contributed by atoms with Crippen molar-refractivity contribution < 1.29 is 14.3 Å². The Morgan fingerprint density at radius 1 is 1.26 bits per heavy atom. The van der Waals surface area contributed by atoms with Gasteiger partial charge in [0.15, 0.2) is 0 Å². The van der Waals surface area contributed by atoms with Crippen molar-refractivity contribution in [1.82, 2.24) is 15.2 Å². The van der Waals surface area contributed by atoms with E-state index in [1.807, 2.05) is 29.2 Å². The van der Waals surface area contributed by atoms with Crippen LogP contribution in [-0.2, 0) is 6.54 Å². The molecule has 0 aliphatic heterocycles. The number of hydrogen-bond acceptors (Lipinski definition) is 4. The van der Waals surface area contributed by atoms with Gasteiger partial charge in [-0.25, -0.2) is 9.78 Å². The van der Waals surface area contributed by atoms with Gasteiger partial charge in [-0.15, -0.1) is 0 Å². The number of pyridine rings is 1. The Balaban J connectivity index is 1.51. The average Bonchev–Trinajstić information content (AvgIpc) is 3.51. The van der Waals surface area contributed by atoms with Gasteiger partial charge in [0.1, 0.15) is 11.5 Å². The van der Waals surface area contributed by atoms with Crippen LogP contribution in [0.5, 0.6) is 17.4 Å². The Labute approximate surface area is 160 Å². The molecule has 6 nitrogen and oxygen atoms in total. The van der Waals surface area contributed by atoms with E-state index >= 15 is 0 Å². The van der Waals surface area contributed by atoms with Gasteiger partial charge in [-0.3, -0.25) is 0 Å². The summed E-state index contributed by atoms with van der Waals surface area (Å²) >= 11 is 0. The van der Waals surface area contributed by atoms with Crippen molar-refractivity contribution in [3.8, 4) is 17.4 Å². The Kier molecular flexibility index (Phi) is 6.52. The summed E-state index contributed by atoms with van der Waals surface area (Å²) in [5.41, 5.74) is 0.934. The number of hydrogen-bond donors (Lipinski definition) is 1. The van der Waals surface area contributed by atoms with Crippen LogP contribution in [0.1, 0.15) is 31.7 Å². The first-order valence-electron chi connectivity index (χ1n) is 9.47. The predicted molar refractivity (Wildman–Crippen MR) is 104 cm³/mol. The lowest BCUT2D eigenvalue weighted by Crippen LogP contribution is -2.41. The van der Waals surface area contributed by atoms with Crippen LogP contribution < -0.4 is 14.8 Å². The first-order chi connectivity index (χ1) is 13.2. The number of nitrogens with one attached hydrogen (secondary N) is 1. The van der Waals surface area contributed by atoms with Crippen LogP contribution in [0.25, 0.3) is 0 Å². The second-order valence-electron chi connectivity index (χ2n) is 6.83. The summed E-state index contributed by atoms with van der Waals surface area (Å²) in [6.07, 6.45) is 5.18. The lowest BCUT2D eigenvalue weighted by molar-refractivity contribution is 0.195. The van der Waals surface area contributed by atoms with Gasteiger partial charge < -0.3 is 19.7 Å². The van der Waals surface area contributed by atoms with Crippen molar-refractivity contribution >= 4 is 6.03 Å². The molecule has 1 aliphatic carbocycles. The molecule has 1 fully saturated rings. The van der Waals surface area contributed by atoms with Crippen LogP contribution in [-0.4, -0.2) is 36.1 Å². The van der Waals surface area contributed by atoms with Gasteiger partial charge in [0.2, 0.25) is 5.88 Å². The third-order valence-electron chi connectivity index (χ3n) is 4.46. The smallest absolute Gasteiger partial charge is 0.317 e. The fourth-order valence-corrected chi connectivity index (χ4v) is 2.81. The molecule has 1 aromatic heterocycles. The fraction of sp³-hybridized carbons (Fsp3) is 0.429. The second-order valence-corrected chi connectivity index (χ2v) is 6.83. The van der Waals surface area contributed by atoms with E-state index in [0.717, 1.165) is 30.8 Å². The van der Waals surface area contributed by atoms with Crippen LogP contribution in [0.3, 0.4) is 0 Å². The maximum Gasteiger partial charge on any atom is 0.317 e. The van der Waals surface area contributed by atoms with E-state index < -0.39 is 0 Å². The third kappa shape index (κ3) is 5.88. The van der Waals surface area contributed by atoms with Crippen molar-refractivity contribution in [2.75, 3.05) is 20.2 Å². The maximum atomic E-state index is 12.4. The number of benzene rings is 1. The van der Waals surface area contributed by atoms with Gasteiger partial charge in [0.05, 0.1) is 7.11 Å². The molecule has 27 heavy (non-hydrogen) atoms. The largest absolute Gasteiger partial charge is 0.497 e. The molecule has 1 heterocycles. The molecule has 1 aliphatic rings. The molecule has 0 radical (unpaired) electrons. The summed E-state index contributed by atoms with van der Waals surface area (Å²) < 4.78 is 10.9. The molecular weight excluding hydrogens is 342 g/mol. The van der Waals surface area contributed by atoms with E-state index in [9.17, 15) is 4.79 Å².